The second-order valence-corrected chi connectivity index (χ2v) is 3.53. The predicted octanol–water partition coefficient (Wildman–Crippen LogP) is 0.489. The summed E-state index contributed by atoms with van der Waals surface area (Å²) < 4.78 is 5.14. The number of ether oxygens (including phenoxy) is 1. The third kappa shape index (κ3) is 3.20. The fourth-order valence-electron chi connectivity index (χ4n) is 1.75. The van der Waals surface area contributed by atoms with E-state index in [0.29, 0.717) is 39.0 Å². The van der Waals surface area contributed by atoms with Crippen LogP contribution in [-0.2, 0) is 14.3 Å². The molecule has 1 saturated heterocycles. The number of aliphatic carboxylic acids is 1. The number of likely N-dealkylation sites (tertiary alicyclic amines) is 1. The maximum atomic E-state index is 11.4. The van der Waals surface area contributed by atoms with Crippen LogP contribution < -0.4 is 0 Å². The molecule has 0 spiro atoms. The number of hydrogen-bond donors (Lipinski definition) is 1. The first kappa shape index (κ1) is 12.0. The topological polar surface area (TPSA) is 66.8 Å². The average molecular weight is 215 g/mol. The Morgan fingerprint density at radius 2 is 2.40 bits per heavy atom. The average Bonchev–Trinajstić information content (AvgIpc) is 2.55. The van der Waals surface area contributed by atoms with Crippen molar-refractivity contribution >= 4 is 11.9 Å². The van der Waals surface area contributed by atoms with Crippen LogP contribution >= 0.6 is 0 Å². The minimum Gasteiger partial charge on any atom is -0.480 e. The summed E-state index contributed by atoms with van der Waals surface area (Å²) in [5.41, 5.74) is 0. The Morgan fingerprint density at radius 1 is 1.67 bits per heavy atom. The molecule has 1 rings (SSSR count). The highest BCUT2D eigenvalue weighted by Gasteiger charge is 2.35. The number of carboxylic acid groups (broad SMARTS) is 1. The summed E-state index contributed by atoms with van der Waals surface area (Å²) in [6, 6.07) is -0.626. The van der Waals surface area contributed by atoms with Gasteiger partial charge in [0.05, 0.1) is 0 Å². The Bertz CT molecular complexity index is 242. The molecule has 86 valence electrons. The van der Waals surface area contributed by atoms with Gasteiger partial charge >= 0.3 is 5.97 Å². The van der Waals surface area contributed by atoms with Gasteiger partial charge in [-0.05, 0) is 19.8 Å². The van der Waals surface area contributed by atoms with Gasteiger partial charge in [-0.3, -0.25) is 4.79 Å². The molecule has 1 N–H and O–H groups in total. The number of amides is 1. The molecule has 0 aliphatic carbocycles. The minimum absolute atomic E-state index is 0.0566. The summed E-state index contributed by atoms with van der Waals surface area (Å²) >= 11 is 0. The van der Waals surface area contributed by atoms with E-state index in [1.807, 2.05) is 6.92 Å². The normalized spacial score (nSPS) is 21.0. The Hall–Kier alpha value is -1.10. The molecule has 0 bridgehead atoms. The number of nitrogens with zero attached hydrogens (tertiary/aromatic N) is 1. The van der Waals surface area contributed by atoms with Crippen LogP contribution in [0.25, 0.3) is 0 Å². The van der Waals surface area contributed by atoms with Crippen molar-refractivity contribution in [1.29, 1.82) is 0 Å². The van der Waals surface area contributed by atoms with Crippen LogP contribution in [0.3, 0.4) is 0 Å². The Kier molecular flexibility index (Phi) is 4.55. The van der Waals surface area contributed by atoms with E-state index >= 15 is 0 Å². The Morgan fingerprint density at radius 3 is 3.00 bits per heavy atom. The molecular formula is C10H17NO4. The van der Waals surface area contributed by atoms with E-state index in [-0.39, 0.29) is 5.91 Å². The summed E-state index contributed by atoms with van der Waals surface area (Å²) in [5, 5.41) is 8.88. The second kappa shape index (κ2) is 5.70. The van der Waals surface area contributed by atoms with E-state index in [9.17, 15) is 9.59 Å². The van der Waals surface area contributed by atoms with Gasteiger partial charge < -0.3 is 14.7 Å². The zero-order chi connectivity index (χ0) is 11.3. The molecule has 0 aromatic carbocycles. The van der Waals surface area contributed by atoms with Crippen LogP contribution in [0.5, 0.6) is 0 Å². The van der Waals surface area contributed by atoms with Crippen LogP contribution in [0.2, 0.25) is 0 Å². The third-order valence-corrected chi connectivity index (χ3v) is 2.51. The van der Waals surface area contributed by atoms with Gasteiger partial charge in [-0.2, -0.15) is 0 Å². The van der Waals surface area contributed by atoms with E-state index in [0.717, 1.165) is 0 Å². The molecule has 5 heteroatoms. The molecule has 1 fully saturated rings. The van der Waals surface area contributed by atoms with Crippen LogP contribution in [0.4, 0.5) is 0 Å². The van der Waals surface area contributed by atoms with Crippen molar-refractivity contribution in [2.24, 2.45) is 0 Å². The van der Waals surface area contributed by atoms with Gasteiger partial charge in [0, 0.05) is 26.2 Å². The molecule has 1 amide bonds. The van der Waals surface area contributed by atoms with Crippen LogP contribution in [0.1, 0.15) is 26.2 Å². The zero-order valence-electron chi connectivity index (χ0n) is 8.94. The van der Waals surface area contributed by atoms with E-state index < -0.39 is 12.0 Å². The van der Waals surface area contributed by atoms with Gasteiger partial charge in [-0.25, -0.2) is 4.79 Å². The van der Waals surface area contributed by atoms with Crippen molar-refractivity contribution in [2.45, 2.75) is 32.2 Å². The van der Waals surface area contributed by atoms with Crippen molar-refractivity contribution < 1.29 is 19.4 Å². The molecular weight excluding hydrogens is 198 g/mol. The number of hydrogen-bond acceptors (Lipinski definition) is 3. The standard InChI is InChI=1S/C10H17NO4/c1-2-15-7-3-6-11-8(10(13)14)4-5-9(11)12/h8H,2-7H2,1H3,(H,13,14). The molecule has 1 unspecified atom stereocenters. The highest BCUT2D eigenvalue weighted by molar-refractivity contribution is 5.87. The fraction of sp³-hybridized carbons (Fsp3) is 0.800. The summed E-state index contributed by atoms with van der Waals surface area (Å²) in [6.45, 7) is 3.61. The molecule has 1 aliphatic rings. The Balaban J connectivity index is 2.36. The second-order valence-electron chi connectivity index (χ2n) is 3.53. The third-order valence-electron chi connectivity index (χ3n) is 2.51. The van der Waals surface area contributed by atoms with Gasteiger partial charge in [-0.15, -0.1) is 0 Å². The van der Waals surface area contributed by atoms with Gasteiger partial charge in [0.1, 0.15) is 6.04 Å². The smallest absolute Gasteiger partial charge is 0.326 e. The lowest BCUT2D eigenvalue weighted by Gasteiger charge is -2.21. The van der Waals surface area contributed by atoms with Crippen molar-refractivity contribution in [3.8, 4) is 0 Å². The summed E-state index contributed by atoms with van der Waals surface area (Å²) in [4.78, 5) is 23.6. The van der Waals surface area contributed by atoms with Crippen LogP contribution in [0, 0.1) is 0 Å². The van der Waals surface area contributed by atoms with Crippen molar-refractivity contribution in [2.75, 3.05) is 19.8 Å². The first-order chi connectivity index (χ1) is 7.16. The lowest BCUT2D eigenvalue weighted by atomic mass is 10.2. The van der Waals surface area contributed by atoms with Crippen molar-refractivity contribution in [3.05, 3.63) is 0 Å². The van der Waals surface area contributed by atoms with Gasteiger partial charge in [-0.1, -0.05) is 0 Å². The lowest BCUT2D eigenvalue weighted by molar-refractivity contribution is -0.146. The van der Waals surface area contributed by atoms with Crippen molar-refractivity contribution in [1.82, 2.24) is 4.90 Å². The number of rotatable bonds is 6. The minimum atomic E-state index is -0.905. The monoisotopic (exact) mass is 215 g/mol. The SMILES string of the molecule is CCOCCCN1C(=O)CCC1C(=O)O. The largest absolute Gasteiger partial charge is 0.480 e. The first-order valence-electron chi connectivity index (χ1n) is 5.26. The first-order valence-corrected chi connectivity index (χ1v) is 5.26. The molecule has 0 aromatic heterocycles. The predicted molar refractivity (Wildman–Crippen MR) is 53.5 cm³/mol. The van der Waals surface area contributed by atoms with Gasteiger partial charge in [0.25, 0.3) is 0 Å². The zero-order valence-corrected chi connectivity index (χ0v) is 8.94. The molecule has 0 aromatic rings. The van der Waals surface area contributed by atoms with Crippen LogP contribution in [0.15, 0.2) is 0 Å². The highest BCUT2D eigenvalue weighted by atomic mass is 16.5. The molecule has 5 nitrogen and oxygen atoms in total. The number of carbonyl (C=O) groups is 2. The van der Waals surface area contributed by atoms with Crippen LogP contribution in [-0.4, -0.2) is 47.7 Å². The summed E-state index contributed by atoms with van der Waals surface area (Å²) in [6.07, 6.45) is 1.48. The molecule has 1 heterocycles. The van der Waals surface area contributed by atoms with E-state index in [1.54, 1.807) is 0 Å². The number of carboxylic acids is 1. The highest BCUT2D eigenvalue weighted by Crippen LogP contribution is 2.18. The Labute approximate surface area is 89.0 Å². The fourth-order valence-corrected chi connectivity index (χ4v) is 1.75. The van der Waals surface area contributed by atoms with E-state index in [2.05, 4.69) is 0 Å². The van der Waals surface area contributed by atoms with Crippen molar-refractivity contribution in [3.63, 3.8) is 0 Å². The molecule has 1 aliphatic heterocycles. The molecule has 1 atom stereocenters. The van der Waals surface area contributed by atoms with E-state index in [4.69, 9.17) is 9.84 Å². The van der Waals surface area contributed by atoms with E-state index in [1.165, 1.54) is 4.90 Å². The molecule has 0 radical (unpaired) electrons. The number of carbonyl (C=O) groups excluding carboxylic acids is 1. The lowest BCUT2D eigenvalue weighted by Crippen LogP contribution is -2.39. The van der Waals surface area contributed by atoms with Gasteiger partial charge in [0.15, 0.2) is 0 Å². The summed E-state index contributed by atoms with van der Waals surface area (Å²) in [7, 11) is 0. The maximum absolute atomic E-state index is 11.4. The quantitative estimate of drug-likeness (QED) is 0.655. The maximum Gasteiger partial charge on any atom is 0.326 e. The summed E-state index contributed by atoms with van der Waals surface area (Å²) in [5.74, 6) is -0.962. The van der Waals surface area contributed by atoms with Gasteiger partial charge in [0.2, 0.25) is 5.91 Å². The molecule has 15 heavy (non-hydrogen) atoms. The molecule has 0 saturated carbocycles.